The smallest absolute Gasteiger partial charge is 0.317 e. The van der Waals surface area contributed by atoms with E-state index in [0.717, 1.165) is 0 Å². The summed E-state index contributed by atoms with van der Waals surface area (Å²) in [7, 11) is 0. The van der Waals surface area contributed by atoms with Crippen LogP contribution in [0.1, 0.15) is 0 Å². The van der Waals surface area contributed by atoms with Crippen LogP contribution in [0.2, 0.25) is 0 Å². The lowest BCUT2D eigenvalue weighted by molar-refractivity contribution is -0.141. The predicted molar refractivity (Wildman–Crippen MR) is 104 cm³/mol. The zero-order chi connectivity index (χ0) is 21.1. The Balaban J connectivity index is 0.00000784. The third-order valence-electron chi connectivity index (χ3n) is 4.37. The molecule has 0 aliphatic carbocycles. The molecule has 29 heavy (non-hydrogen) atoms. The molecule has 0 atom stereocenters. The molecule has 1 rings (SSSR count). The predicted octanol–water partition coefficient (Wildman–Crippen LogP) is -2.03. The van der Waals surface area contributed by atoms with Crippen molar-refractivity contribution in [2.24, 2.45) is 0 Å². The number of carboxylic acid groups (broad SMARTS) is 4. The summed E-state index contributed by atoms with van der Waals surface area (Å²) in [6, 6.07) is 0. The molecule has 1 aliphatic rings. The third-order valence-corrected chi connectivity index (χ3v) is 4.37. The summed E-state index contributed by atoms with van der Waals surface area (Å²) in [5, 5.41) is 36.3. The highest BCUT2D eigenvalue weighted by Gasteiger charge is 2.20. The van der Waals surface area contributed by atoms with Gasteiger partial charge in [0.1, 0.15) is 0 Å². The fraction of sp³-hybridized carbons (Fsp3) is 0.750. The summed E-state index contributed by atoms with van der Waals surface area (Å²) in [5.74, 6) is -4.08. The molecule has 0 aromatic carbocycles. The van der Waals surface area contributed by atoms with Crippen LogP contribution in [0.25, 0.3) is 0 Å². The summed E-state index contributed by atoms with van der Waals surface area (Å²) in [5.41, 5.74) is 0. The van der Waals surface area contributed by atoms with Gasteiger partial charge in [-0.2, -0.15) is 0 Å². The quantitative estimate of drug-likeness (QED) is 0.328. The molecule has 0 amide bonds. The Bertz CT molecular complexity index is 453. The van der Waals surface area contributed by atoms with Crippen LogP contribution in [0.3, 0.4) is 0 Å². The number of hydrogen-bond donors (Lipinski definition) is 4. The molecule has 12 nitrogen and oxygen atoms in total. The molecular formula is C16H29ClN4O8. The molecular weight excluding hydrogens is 412 g/mol. The lowest BCUT2D eigenvalue weighted by Gasteiger charge is -2.32. The van der Waals surface area contributed by atoms with E-state index in [1.807, 2.05) is 0 Å². The Labute approximate surface area is 174 Å². The van der Waals surface area contributed by atoms with Gasteiger partial charge in [-0.3, -0.25) is 38.8 Å². The fourth-order valence-corrected chi connectivity index (χ4v) is 2.98. The summed E-state index contributed by atoms with van der Waals surface area (Å²) < 4.78 is 0. The highest BCUT2D eigenvalue weighted by atomic mass is 35.5. The van der Waals surface area contributed by atoms with Gasteiger partial charge in [0.2, 0.25) is 0 Å². The molecule has 1 heterocycles. The van der Waals surface area contributed by atoms with Crippen LogP contribution in [0.15, 0.2) is 0 Å². The first kappa shape index (κ1) is 27.0. The van der Waals surface area contributed by atoms with Crippen LogP contribution in [0.4, 0.5) is 0 Å². The first-order chi connectivity index (χ1) is 13.2. The molecule has 1 aliphatic heterocycles. The molecule has 0 aromatic heterocycles. The van der Waals surface area contributed by atoms with Crippen molar-refractivity contribution in [1.29, 1.82) is 0 Å². The van der Waals surface area contributed by atoms with Gasteiger partial charge < -0.3 is 20.4 Å². The van der Waals surface area contributed by atoms with Crippen molar-refractivity contribution in [1.82, 2.24) is 19.6 Å². The lowest BCUT2D eigenvalue weighted by Crippen LogP contribution is -2.49. The average molecular weight is 441 g/mol. The number of rotatable bonds is 8. The zero-order valence-electron chi connectivity index (χ0n) is 16.1. The monoisotopic (exact) mass is 440 g/mol. The molecule has 1 fully saturated rings. The molecule has 4 N–H and O–H groups in total. The van der Waals surface area contributed by atoms with Gasteiger partial charge in [0.05, 0.1) is 26.2 Å². The molecule has 13 heteroatoms. The maximum Gasteiger partial charge on any atom is 0.317 e. The van der Waals surface area contributed by atoms with Crippen LogP contribution < -0.4 is 0 Å². The molecule has 1 saturated heterocycles. The van der Waals surface area contributed by atoms with Crippen molar-refractivity contribution < 1.29 is 39.6 Å². The summed E-state index contributed by atoms with van der Waals surface area (Å²) in [6.45, 7) is 1.52. The van der Waals surface area contributed by atoms with Gasteiger partial charge in [-0.15, -0.1) is 12.4 Å². The van der Waals surface area contributed by atoms with Gasteiger partial charge >= 0.3 is 23.9 Å². The SMILES string of the molecule is Cl.O=C(O)CN1CCN(CC(=O)O)CCN(CC(=O)O)CCN(CC(=O)O)CC1. The van der Waals surface area contributed by atoms with Crippen LogP contribution >= 0.6 is 12.4 Å². The van der Waals surface area contributed by atoms with Crippen molar-refractivity contribution >= 4 is 36.3 Å². The first-order valence-corrected chi connectivity index (χ1v) is 8.92. The van der Waals surface area contributed by atoms with E-state index < -0.39 is 23.9 Å². The normalized spacial score (nSPS) is 18.8. The molecule has 0 radical (unpaired) electrons. The van der Waals surface area contributed by atoms with Gasteiger partial charge in [0, 0.05) is 52.4 Å². The maximum atomic E-state index is 11.1. The van der Waals surface area contributed by atoms with Crippen molar-refractivity contribution in [2.45, 2.75) is 0 Å². The Morgan fingerprint density at radius 1 is 0.448 bits per heavy atom. The van der Waals surface area contributed by atoms with Gasteiger partial charge in [-0.1, -0.05) is 0 Å². The second kappa shape index (κ2) is 14.1. The van der Waals surface area contributed by atoms with Crippen molar-refractivity contribution in [3.8, 4) is 0 Å². The minimum atomic E-state index is -1.02. The van der Waals surface area contributed by atoms with E-state index in [1.165, 1.54) is 0 Å². The molecule has 0 unspecified atom stereocenters. The number of nitrogens with zero attached hydrogens (tertiary/aromatic N) is 4. The van der Waals surface area contributed by atoms with Crippen LogP contribution in [0, 0.1) is 0 Å². The second-order valence-corrected chi connectivity index (χ2v) is 6.68. The number of aliphatic carboxylic acids is 4. The Kier molecular flexibility index (Phi) is 13.1. The number of halogens is 1. The summed E-state index contributed by atoms with van der Waals surface area (Å²) in [4.78, 5) is 50.9. The van der Waals surface area contributed by atoms with Gasteiger partial charge in [0.25, 0.3) is 0 Å². The standard InChI is InChI=1S/C16H28N4O8.ClH/c21-13(22)9-17-1-2-18(10-14(23)24)5-6-20(12-16(27)28)8-7-19(4-3-17)11-15(25)26;/h1-12H2,(H,21,22)(H,23,24)(H,25,26)(H,27,28);1H. The largest absolute Gasteiger partial charge is 0.480 e. The second-order valence-electron chi connectivity index (χ2n) is 6.68. The number of hydrogen-bond acceptors (Lipinski definition) is 8. The van der Waals surface area contributed by atoms with E-state index in [9.17, 15) is 19.2 Å². The third kappa shape index (κ3) is 13.0. The van der Waals surface area contributed by atoms with E-state index in [4.69, 9.17) is 20.4 Å². The molecule has 0 bridgehead atoms. The Morgan fingerprint density at radius 2 is 0.586 bits per heavy atom. The first-order valence-electron chi connectivity index (χ1n) is 8.92. The minimum absolute atomic E-state index is 0. The van der Waals surface area contributed by atoms with Gasteiger partial charge in [0.15, 0.2) is 0 Å². The minimum Gasteiger partial charge on any atom is -0.480 e. The maximum absolute atomic E-state index is 11.1. The van der Waals surface area contributed by atoms with E-state index >= 15 is 0 Å². The van der Waals surface area contributed by atoms with Crippen molar-refractivity contribution in [2.75, 3.05) is 78.5 Å². The van der Waals surface area contributed by atoms with Crippen molar-refractivity contribution in [3.05, 3.63) is 0 Å². The van der Waals surface area contributed by atoms with E-state index in [-0.39, 0.29) is 38.6 Å². The molecule has 168 valence electrons. The van der Waals surface area contributed by atoms with Crippen LogP contribution in [-0.4, -0.2) is 142 Å². The number of carboxylic acids is 4. The summed E-state index contributed by atoms with van der Waals surface area (Å²) in [6.07, 6.45) is 0. The molecule has 0 saturated carbocycles. The average Bonchev–Trinajstić information content (AvgIpc) is 2.55. The fourth-order valence-electron chi connectivity index (χ4n) is 2.98. The number of carbonyl (C=O) groups is 4. The van der Waals surface area contributed by atoms with Crippen LogP contribution in [-0.2, 0) is 19.2 Å². The van der Waals surface area contributed by atoms with Crippen LogP contribution in [0.5, 0.6) is 0 Å². The lowest BCUT2D eigenvalue weighted by atomic mass is 10.3. The zero-order valence-corrected chi connectivity index (χ0v) is 16.9. The summed E-state index contributed by atoms with van der Waals surface area (Å²) >= 11 is 0. The molecule has 0 aromatic rings. The van der Waals surface area contributed by atoms with E-state index in [1.54, 1.807) is 19.6 Å². The topological polar surface area (TPSA) is 162 Å². The van der Waals surface area contributed by atoms with Gasteiger partial charge in [-0.25, -0.2) is 0 Å². The Hall–Kier alpha value is -1.99. The Morgan fingerprint density at radius 3 is 0.690 bits per heavy atom. The molecule has 0 spiro atoms. The van der Waals surface area contributed by atoms with E-state index in [2.05, 4.69) is 0 Å². The highest BCUT2D eigenvalue weighted by molar-refractivity contribution is 5.85. The van der Waals surface area contributed by atoms with E-state index in [0.29, 0.717) is 52.4 Å². The highest BCUT2D eigenvalue weighted by Crippen LogP contribution is 2.01. The van der Waals surface area contributed by atoms with Crippen molar-refractivity contribution in [3.63, 3.8) is 0 Å². The van der Waals surface area contributed by atoms with Gasteiger partial charge in [-0.05, 0) is 0 Å².